The lowest BCUT2D eigenvalue weighted by Crippen LogP contribution is -2.03. The van der Waals surface area contributed by atoms with Crippen molar-refractivity contribution in [3.05, 3.63) is 76.1 Å². The fourth-order valence-electron chi connectivity index (χ4n) is 1.57. The lowest BCUT2D eigenvalue weighted by molar-refractivity contribution is 0.103. The Bertz CT molecular complexity index is 556. The highest BCUT2D eigenvalue weighted by atomic mass is 35.5. The van der Waals surface area contributed by atoms with Gasteiger partial charge in [-0.2, -0.15) is 0 Å². The third-order valence-electron chi connectivity index (χ3n) is 2.38. The first-order valence-electron chi connectivity index (χ1n) is 5.00. The highest BCUT2D eigenvalue weighted by Gasteiger charge is 2.16. The molecule has 2 aromatic carbocycles. The Morgan fingerprint density at radius 1 is 1.00 bits per heavy atom. The van der Waals surface area contributed by atoms with Gasteiger partial charge in [-0.15, -0.1) is 0 Å². The molecule has 1 radical (unpaired) electrons. The number of rotatable bonds is 2. The van der Waals surface area contributed by atoms with Gasteiger partial charge in [0.05, 0.1) is 15.6 Å². The summed E-state index contributed by atoms with van der Waals surface area (Å²) < 4.78 is 0. The van der Waals surface area contributed by atoms with Gasteiger partial charge in [0.2, 0.25) is 0 Å². The van der Waals surface area contributed by atoms with E-state index in [9.17, 15) is 4.79 Å². The minimum absolute atomic E-state index is 0.189. The van der Waals surface area contributed by atoms with Crippen molar-refractivity contribution in [3.63, 3.8) is 0 Å². The van der Waals surface area contributed by atoms with E-state index < -0.39 is 0 Å². The van der Waals surface area contributed by atoms with Crippen LogP contribution in [0.1, 0.15) is 21.5 Å². The molecule has 0 saturated heterocycles. The molecule has 85 valence electrons. The highest BCUT2D eigenvalue weighted by Crippen LogP contribution is 2.27. The molecule has 17 heavy (non-hydrogen) atoms. The average molecular weight is 264 g/mol. The lowest BCUT2D eigenvalue weighted by Gasteiger charge is -2.06. The molecule has 0 N–H and O–H groups in total. The molecule has 0 aliphatic heterocycles. The largest absolute Gasteiger partial charge is 0.288 e. The van der Waals surface area contributed by atoms with Gasteiger partial charge in [0.25, 0.3) is 0 Å². The standard InChI is InChI=1S/C14H9Cl2O/c1-9-4-2-5-10(8-9)14(17)13-11(15)6-3-7-12(13)16/h2-8H,1H2. The summed E-state index contributed by atoms with van der Waals surface area (Å²) in [6.07, 6.45) is 0. The summed E-state index contributed by atoms with van der Waals surface area (Å²) in [5.74, 6) is -0.189. The smallest absolute Gasteiger partial charge is 0.196 e. The van der Waals surface area contributed by atoms with Crippen molar-refractivity contribution in [2.45, 2.75) is 0 Å². The van der Waals surface area contributed by atoms with Crippen molar-refractivity contribution in [3.8, 4) is 0 Å². The quantitative estimate of drug-likeness (QED) is 0.734. The van der Waals surface area contributed by atoms with Gasteiger partial charge in [0.1, 0.15) is 0 Å². The van der Waals surface area contributed by atoms with Gasteiger partial charge in [-0.25, -0.2) is 0 Å². The zero-order valence-corrected chi connectivity index (χ0v) is 10.4. The molecule has 0 unspecified atom stereocenters. The van der Waals surface area contributed by atoms with Crippen molar-refractivity contribution >= 4 is 29.0 Å². The van der Waals surface area contributed by atoms with Crippen LogP contribution in [0.15, 0.2) is 42.5 Å². The molecule has 0 aliphatic carbocycles. The van der Waals surface area contributed by atoms with E-state index in [0.717, 1.165) is 5.56 Å². The molecule has 0 aliphatic rings. The van der Waals surface area contributed by atoms with Gasteiger partial charge in [0, 0.05) is 5.56 Å². The molecule has 0 fully saturated rings. The summed E-state index contributed by atoms with van der Waals surface area (Å²) in [5, 5.41) is 0.717. The molecule has 2 aromatic rings. The Morgan fingerprint density at radius 2 is 1.59 bits per heavy atom. The first kappa shape index (κ1) is 12.2. The second-order valence-electron chi connectivity index (χ2n) is 3.63. The second-order valence-corrected chi connectivity index (χ2v) is 4.44. The Balaban J connectivity index is 2.51. The zero-order valence-electron chi connectivity index (χ0n) is 8.91. The van der Waals surface area contributed by atoms with Gasteiger partial charge in [-0.1, -0.05) is 47.5 Å². The van der Waals surface area contributed by atoms with E-state index in [1.807, 2.05) is 6.07 Å². The molecule has 0 amide bonds. The van der Waals surface area contributed by atoms with Crippen LogP contribution >= 0.6 is 23.2 Å². The molecule has 0 spiro atoms. The van der Waals surface area contributed by atoms with E-state index in [-0.39, 0.29) is 5.78 Å². The van der Waals surface area contributed by atoms with Crippen molar-refractivity contribution < 1.29 is 4.79 Å². The number of carbonyl (C=O) groups excluding carboxylic acids is 1. The third-order valence-corrected chi connectivity index (χ3v) is 3.01. The average Bonchev–Trinajstić information content (AvgIpc) is 2.28. The molecule has 2 rings (SSSR count). The molecule has 0 bridgehead atoms. The molecular weight excluding hydrogens is 255 g/mol. The first-order valence-corrected chi connectivity index (χ1v) is 5.76. The molecule has 0 saturated carbocycles. The van der Waals surface area contributed by atoms with Gasteiger partial charge < -0.3 is 0 Å². The number of halogens is 2. The molecule has 0 atom stereocenters. The summed E-state index contributed by atoms with van der Waals surface area (Å²) in [5.41, 5.74) is 1.65. The number of ketones is 1. The monoisotopic (exact) mass is 263 g/mol. The SMILES string of the molecule is [CH2]c1cccc(C(=O)c2c(Cl)cccc2Cl)c1. The van der Waals surface area contributed by atoms with Crippen LogP contribution in [0.25, 0.3) is 0 Å². The van der Waals surface area contributed by atoms with Crippen molar-refractivity contribution in [1.29, 1.82) is 0 Å². The number of carbonyl (C=O) groups is 1. The number of benzene rings is 2. The number of hydrogen-bond acceptors (Lipinski definition) is 1. The maximum absolute atomic E-state index is 12.2. The summed E-state index contributed by atoms with van der Waals surface area (Å²) >= 11 is 12.0. The van der Waals surface area contributed by atoms with E-state index >= 15 is 0 Å². The summed E-state index contributed by atoms with van der Waals surface area (Å²) in [4.78, 5) is 12.2. The maximum Gasteiger partial charge on any atom is 0.196 e. The van der Waals surface area contributed by atoms with Crippen molar-refractivity contribution in [2.24, 2.45) is 0 Å². The predicted octanol–water partition coefficient (Wildman–Crippen LogP) is 4.41. The van der Waals surface area contributed by atoms with E-state index in [1.165, 1.54) is 0 Å². The van der Waals surface area contributed by atoms with Crippen LogP contribution in [0.5, 0.6) is 0 Å². The molecule has 1 nitrogen and oxygen atoms in total. The molecule has 0 aromatic heterocycles. The van der Waals surface area contributed by atoms with Crippen LogP contribution in [0.2, 0.25) is 10.0 Å². The fourth-order valence-corrected chi connectivity index (χ4v) is 2.14. The van der Waals surface area contributed by atoms with E-state index in [0.29, 0.717) is 21.2 Å². The minimum atomic E-state index is -0.189. The topological polar surface area (TPSA) is 17.1 Å². The van der Waals surface area contributed by atoms with Crippen LogP contribution < -0.4 is 0 Å². The van der Waals surface area contributed by atoms with Gasteiger partial charge in [0.15, 0.2) is 5.78 Å². The lowest BCUT2D eigenvalue weighted by atomic mass is 10.0. The molecule has 0 heterocycles. The highest BCUT2D eigenvalue weighted by molar-refractivity contribution is 6.41. The Hall–Kier alpha value is -1.31. The van der Waals surface area contributed by atoms with Crippen molar-refractivity contribution in [1.82, 2.24) is 0 Å². The third kappa shape index (κ3) is 2.51. The van der Waals surface area contributed by atoms with E-state index in [2.05, 4.69) is 6.92 Å². The maximum atomic E-state index is 12.2. The van der Waals surface area contributed by atoms with Crippen molar-refractivity contribution in [2.75, 3.05) is 0 Å². The Morgan fingerprint density at radius 3 is 2.18 bits per heavy atom. The summed E-state index contributed by atoms with van der Waals surface area (Å²) in [7, 11) is 0. The summed E-state index contributed by atoms with van der Waals surface area (Å²) in [6.45, 7) is 3.78. The fraction of sp³-hybridized carbons (Fsp3) is 0. The Labute approximate surface area is 110 Å². The molecule has 3 heteroatoms. The van der Waals surface area contributed by atoms with Crippen LogP contribution in [-0.2, 0) is 0 Å². The predicted molar refractivity (Wildman–Crippen MR) is 70.8 cm³/mol. The van der Waals surface area contributed by atoms with Crippen LogP contribution in [0.3, 0.4) is 0 Å². The first-order chi connectivity index (χ1) is 8.09. The minimum Gasteiger partial charge on any atom is -0.288 e. The second kappa shape index (κ2) is 4.91. The van der Waals surface area contributed by atoms with E-state index in [1.54, 1.807) is 36.4 Å². The van der Waals surface area contributed by atoms with Gasteiger partial charge in [-0.05, 0) is 30.7 Å². The van der Waals surface area contributed by atoms with E-state index in [4.69, 9.17) is 23.2 Å². The zero-order chi connectivity index (χ0) is 12.4. The number of hydrogen-bond donors (Lipinski definition) is 0. The normalized spacial score (nSPS) is 10.3. The Kier molecular flexibility index (Phi) is 3.51. The van der Waals surface area contributed by atoms with Crippen LogP contribution in [-0.4, -0.2) is 5.78 Å². The van der Waals surface area contributed by atoms with Crippen LogP contribution in [0, 0.1) is 6.92 Å². The van der Waals surface area contributed by atoms with Gasteiger partial charge >= 0.3 is 0 Å². The molecular formula is C14H9Cl2O. The van der Waals surface area contributed by atoms with Gasteiger partial charge in [-0.3, -0.25) is 4.79 Å². The summed E-state index contributed by atoms with van der Waals surface area (Å²) in [6, 6.07) is 12.0. The van der Waals surface area contributed by atoms with Crippen LogP contribution in [0.4, 0.5) is 0 Å².